The van der Waals surface area contributed by atoms with Gasteiger partial charge in [0.15, 0.2) is 0 Å². The second kappa shape index (κ2) is 4.51. The van der Waals surface area contributed by atoms with Crippen LogP contribution in [0, 0.1) is 0 Å². The molecule has 0 spiro atoms. The third-order valence-electron chi connectivity index (χ3n) is 2.72. The molecule has 2 rings (SSSR count). The van der Waals surface area contributed by atoms with Gasteiger partial charge in [-0.25, -0.2) is 4.98 Å². The third kappa shape index (κ3) is 2.25. The van der Waals surface area contributed by atoms with Crippen LogP contribution in [0.1, 0.15) is 48.2 Å². The average Bonchev–Trinajstić information content (AvgIpc) is 2.96. The highest BCUT2D eigenvalue weighted by atomic mass is 32.1. The van der Waals surface area contributed by atoms with Crippen LogP contribution in [0.5, 0.6) is 0 Å². The van der Waals surface area contributed by atoms with Gasteiger partial charge in [0.2, 0.25) is 0 Å². The van der Waals surface area contributed by atoms with Gasteiger partial charge in [0, 0.05) is 18.0 Å². The third-order valence-corrected chi connectivity index (χ3v) is 3.77. The molecule has 0 bridgehead atoms. The number of rotatable bonds is 4. The Morgan fingerprint density at radius 1 is 1.75 bits per heavy atom. The largest absolute Gasteiger partial charge is 0.335 e. The van der Waals surface area contributed by atoms with Crippen LogP contribution in [0.2, 0.25) is 0 Å². The van der Waals surface area contributed by atoms with E-state index in [1.54, 1.807) is 0 Å². The SMILES string of the molecule is CCN(C(=O)c1csc(C(C)N)n1)C1CC1. The first-order chi connectivity index (χ1) is 7.63. The Hall–Kier alpha value is -0.940. The molecule has 1 amide bonds. The van der Waals surface area contributed by atoms with Crippen LogP contribution in [0.15, 0.2) is 5.38 Å². The van der Waals surface area contributed by atoms with E-state index in [1.807, 2.05) is 24.1 Å². The minimum atomic E-state index is -0.0949. The van der Waals surface area contributed by atoms with Crippen LogP contribution in [-0.4, -0.2) is 28.4 Å². The van der Waals surface area contributed by atoms with Gasteiger partial charge >= 0.3 is 0 Å². The highest BCUT2D eigenvalue weighted by Gasteiger charge is 2.32. The molecule has 88 valence electrons. The van der Waals surface area contributed by atoms with Crippen molar-refractivity contribution in [2.24, 2.45) is 5.73 Å². The highest BCUT2D eigenvalue weighted by Crippen LogP contribution is 2.28. The quantitative estimate of drug-likeness (QED) is 0.871. The normalized spacial score (nSPS) is 17.2. The second-order valence-corrected chi connectivity index (χ2v) is 5.07. The topological polar surface area (TPSA) is 59.2 Å². The van der Waals surface area contributed by atoms with Crippen LogP contribution in [0.4, 0.5) is 0 Å². The van der Waals surface area contributed by atoms with Crippen molar-refractivity contribution in [3.63, 3.8) is 0 Å². The maximum absolute atomic E-state index is 12.1. The molecule has 1 aromatic heterocycles. The van der Waals surface area contributed by atoms with Crippen molar-refractivity contribution in [2.45, 2.75) is 38.8 Å². The molecule has 1 aliphatic carbocycles. The summed E-state index contributed by atoms with van der Waals surface area (Å²) < 4.78 is 0. The summed E-state index contributed by atoms with van der Waals surface area (Å²) in [5, 5.41) is 2.64. The summed E-state index contributed by atoms with van der Waals surface area (Å²) in [6, 6.07) is 0.348. The number of amides is 1. The van der Waals surface area contributed by atoms with Gasteiger partial charge < -0.3 is 10.6 Å². The van der Waals surface area contributed by atoms with E-state index in [-0.39, 0.29) is 11.9 Å². The van der Waals surface area contributed by atoms with Gasteiger partial charge in [0.1, 0.15) is 10.7 Å². The molecule has 1 heterocycles. The van der Waals surface area contributed by atoms with Crippen molar-refractivity contribution in [2.75, 3.05) is 6.54 Å². The minimum Gasteiger partial charge on any atom is -0.335 e. The predicted octanol–water partition coefficient (Wildman–Crippen LogP) is 1.79. The molecule has 2 N–H and O–H groups in total. The van der Waals surface area contributed by atoms with E-state index in [9.17, 15) is 4.79 Å². The van der Waals surface area contributed by atoms with Crippen LogP contribution in [-0.2, 0) is 0 Å². The standard InChI is InChI=1S/C11H17N3OS/c1-3-14(8-4-5-8)11(15)9-6-16-10(13-9)7(2)12/h6-8H,3-5,12H2,1-2H3. The fourth-order valence-corrected chi connectivity index (χ4v) is 2.45. The minimum absolute atomic E-state index is 0.0492. The van der Waals surface area contributed by atoms with E-state index in [4.69, 9.17) is 5.73 Å². The lowest BCUT2D eigenvalue weighted by Gasteiger charge is -2.18. The number of hydrogen-bond acceptors (Lipinski definition) is 4. The van der Waals surface area contributed by atoms with Crippen molar-refractivity contribution in [3.05, 3.63) is 16.1 Å². The van der Waals surface area contributed by atoms with Gasteiger partial charge in [-0.1, -0.05) is 0 Å². The molecule has 1 atom stereocenters. The van der Waals surface area contributed by atoms with Gasteiger partial charge in [-0.3, -0.25) is 4.79 Å². The van der Waals surface area contributed by atoms with Crippen molar-refractivity contribution in [1.29, 1.82) is 0 Å². The summed E-state index contributed by atoms with van der Waals surface area (Å²) in [7, 11) is 0. The molecule has 16 heavy (non-hydrogen) atoms. The zero-order valence-corrected chi connectivity index (χ0v) is 10.5. The zero-order valence-electron chi connectivity index (χ0n) is 9.64. The van der Waals surface area contributed by atoms with Gasteiger partial charge in [-0.15, -0.1) is 11.3 Å². The van der Waals surface area contributed by atoms with Crippen LogP contribution in [0.3, 0.4) is 0 Å². The zero-order chi connectivity index (χ0) is 11.7. The van der Waals surface area contributed by atoms with Crippen molar-refractivity contribution >= 4 is 17.2 Å². The molecule has 1 aliphatic rings. The van der Waals surface area contributed by atoms with E-state index >= 15 is 0 Å². The van der Waals surface area contributed by atoms with Gasteiger partial charge in [0.25, 0.3) is 5.91 Å². The van der Waals surface area contributed by atoms with E-state index in [0.29, 0.717) is 11.7 Å². The summed E-state index contributed by atoms with van der Waals surface area (Å²) in [6.07, 6.45) is 2.26. The van der Waals surface area contributed by atoms with E-state index < -0.39 is 0 Å². The van der Waals surface area contributed by atoms with Gasteiger partial charge in [-0.2, -0.15) is 0 Å². The summed E-state index contributed by atoms with van der Waals surface area (Å²) >= 11 is 1.46. The maximum atomic E-state index is 12.1. The first-order valence-corrected chi connectivity index (χ1v) is 6.53. The molecule has 1 aromatic rings. The number of carbonyl (C=O) groups is 1. The molecule has 0 radical (unpaired) electrons. The lowest BCUT2D eigenvalue weighted by molar-refractivity contribution is 0.0747. The summed E-state index contributed by atoms with van der Waals surface area (Å²) in [6.45, 7) is 4.65. The number of aromatic nitrogens is 1. The predicted molar refractivity (Wildman–Crippen MR) is 64.4 cm³/mol. The number of nitrogens with zero attached hydrogens (tertiary/aromatic N) is 2. The summed E-state index contributed by atoms with van der Waals surface area (Å²) in [5.74, 6) is 0.0492. The van der Waals surface area contributed by atoms with Crippen molar-refractivity contribution < 1.29 is 4.79 Å². The Labute approximate surface area is 99.5 Å². The number of carbonyl (C=O) groups excluding carboxylic acids is 1. The Morgan fingerprint density at radius 2 is 2.44 bits per heavy atom. The summed E-state index contributed by atoms with van der Waals surface area (Å²) in [5.41, 5.74) is 6.28. The van der Waals surface area contributed by atoms with Crippen molar-refractivity contribution in [3.8, 4) is 0 Å². The Kier molecular flexibility index (Phi) is 3.25. The molecule has 0 aromatic carbocycles. The molecule has 0 aliphatic heterocycles. The second-order valence-electron chi connectivity index (χ2n) is 4.18. The van der Waals surface area contributed by atoms with Gasteiger partial charge in [-0.05, 0) is 26.7 Å². The van der Waals surface area contributed by atoms with E-state index in [0.717, 1.165) is 24.4 Å². The number of nitrogens with two attached hydrogens (primary N) is 1. The average molecular weight is 239 g/mol. The number of thiazole rings is 1. The highest BCUT2D eigenvalue weighted by molar-refractivity contribution is 7.09. The summed E-state index contributed by atoms with van der Waals surface area (Å²) in [4.78, 5) is 18.3. The van der Waals surface area contributed by atoms with E-state index in [2.05, 4.69) is 4.98 Å². The lowest BCUT2D eigenvalue weighted by Crippen LogP contribution is -2.33. The van der Waals surface area contributed by atoms with Crippen molar-refractivity contribution in [1.82, 2.24) is 9.88 Å². The lowest BCUT2D eigenvalue weighted by atomic mass is 10.3. The molecule has 1 saturated carbocycles. The fraction of sp³-hybridized carbons (Fsp3) is 0.636. The Balaban J connectivity index is 2.12. The molecular formula is C11H17N3OS. The Bertz CT molecular complexity index is 384. The van der Waals surface area contributed by atoms with Gasteiger partial charge in [0.05, 0.1) is 6.04 Å². The van der Waals surface area contributed by atoms with E-state index in [1.165, 1.54) is 11.3 Å². The fourth-order valence-electron chi connectivity index (χ4n) is 1.70. The Morgan fingerprint density at radius 3 is 2.88 bits per heavy atom. The maximum Gasteiger partial charge on any atom is 0.273 e. The van der Waals surface area contributed by atoms with Crippen LogP contribution < -0.4 is 5.73 Å². The molecule has 5 heteroatoms. The first-order valence-electron chi connectivity index (χ1n) is 5.65. The monoisotopic (exact) mass is 239 g/mol. The number of hydrogen-bond donors (Lipinski definition) is 1. The van der Waals surface area contributed by atoms with Crippen LogP contribution in [0.25, 0.3) is 0 Å². The molecule has 4 nitrogen and oxygen atoms in total. The molecule has 1 unspecified atom stereocenters. The van der Waals surface area contributed by atoms with Crippen LogP contribution >= 0.6 is 11.3 Å². The molecule has 0 saturated heterocycles. The molecule has 1 fully saturated rings. The molecular weight excluding hydrogens is 222 g/mol. The first kappa shape index (κ1) is 11.5. The smallest absolute Gasteiger partial charge is 0.273 e.